The Kier molecular flexibility index (Phi) is 10.00. The molecule has 2 aliphatic rings. The lowest BCUT2D eigenvalue weighted by atomic mass is 9.82. The maximum atomic E-state index is 13.7. The number of carbonyl (C=O) groups is 2. The number of aryl methyl sites for hydroxylation is 2. The minimum atomic E-state index is -0.521. The van der Waals surface area contributed by atoms with Crippen LogP contribution < -0.4 is 14.8 Å². The van der Waals surface area contributed by atoms with E-state index < -0.39 is 5.92 Å². The predicted molar refractivity (Wildman–Crippen MR) is 166 cm³/mol. The third-order valence-electron chi connectivity index (χ3n) is 8.51. The normalized spacial score (nSPS) is 19.4. The zero-order valence-corrected chi connectivity index (χ0v) is 25.6. The summed E-state index contributed by atoms with van der Waals surface area (Å²) in [6.45, 7) is 7.73. The van der Waals surface area contributed by atoms with Crippen molar-refractivity contribution in [1.29, 1.82) is 0 Å². The molecule has 0 bridgehead atoms. The van der Waals surface area contributed by atoms with E-state index >= 15 is 0 Å². The number of esters is 1. The molecule has 0 radical (unpaired) electrons. The zero-order valence-electron chi connectivity index (χ0n) is 25.6. The number of benzene rings is 3. The Morgan fingerprint density at radius 1 is 0.930 bits per heavy atom. The first-order chi connectivity index (χ1) is 21.0. The largest absolute Gasteiger partial charge is 0.466 e. The molecule has 228 valence electrons. The van der Waals surface area contributed by atoms with Crippen LogP contribution in [0.15, 0.2) is 60.7 Å². The van der Waals surface area contributed by atoms with Crippen LogP contribution in [0.1, 0.15) is 60.5 Å². The lowest BCUT2D eigenvalue weighted by Gasteiger charge is -2.28. The van der Waals surface area contributed by atoms with Gasteiger partial charge in [0.15, 0.2) is 11.5 Å². The number of rotatable bonds is 12. The van der Waals surface area contributed by atoms with Crippen molar-refractivity contribution >= 4 is 17.6 Å². The van der Waals surface area contributed by atoms with Crippen LogP contribution in [0, 0.1) is 5.92 Å². The predicted octanol–water partition coefficient (Wildman–Crippen LogP) is 5.69. The van der Waals surface area contributed by atoms with Gasteiger partial charge in [-0.15, -0.1) is 0 Å². The van der Waals surface area contributed by atoms with Gasteiger partial charge in [-0.25, -0.2) is 0 Å². The fourth-order valence-electron chi connectivity index (χ4n) is 6.36. The van der Waals surface area contributed by atoms with E-state index in [4.69, 9.17) is 18.9 Å². The average molecular weight is 587 g/mol. The second-order valence-electron chi connectivity index (χ2n) is 11.1. The number of nitrogens with zero attached hydrogens (tertiary/aromatic N) is 1. The van der Waals surface area contributed by atoms with Crippen LogP contribution in [0.25, 0.3) is 0 Å². The van der Waals surface area contributed by atoms with Gasteiger partial charge in [0.05, 0.1) is 25.7 Å². The molecule has 0 spiro atoms. The summed E-state index contributed by atoms with van der Waals surface area (Å²) in [6.07, 6.45) is 2.44. The average Bonchev–Trinajstić information content (AvgIpc) is 3.65. The van der Waals surface area contributed by atoms with Crippen LogP contribution >= 0.6 is 0 Å². The number of hydrogen-bond donors (Lipinski definition) is 1. The molecule has 2 aliphatic heterocycles. The van der Waals surface area contributed by atoms with E-state index in [1.165, 1.54) is 0 Å². The monoisotopic (exact) mass is 586 g/mol. The molecule has 1 fully saturated rings. The van der Waals surface area contributed by atoms with Crippen LogP contribution in [0.2, 0.25) is 0 Å². The number of anilines is 1. The maximum Gasteiger partial charge on any atom is 0.311 e. The molecule has 0 unspecified atom stereocenters. The van der Waals surface area contributed by atoms with Crippen LogP contribution in [0.5, 0.6) is 11.5 Å². The molecule has 1 amide bonds. The molecule has 0 saturated carbocycles. The lowest BCUT2D eigenvalue weighted by molar-refractivity contribution is -0.149. The molecule has 8 heteroatoms. The number of methoxy groups -OCH3 is 1. The Morgan fingerprint density at radius 2 is 1.63 bits per heavy atom. The summed E-state index contributed by atoms with van der Waals surface area (Å²) in [5.74, 6) is 0.243. The highest BCUT2D eigenvalue weighted by Crippen LogP contribution is 2.48. The van der Waals surface area contributed by atoms with Gasteiger partial charge in [0.2, 0.25) is 12.7 Å². The second kappa shape index (κ2) is 14.1. The number of amides is 1. The van der Waals surface area contributed by atoms with Crippen molar-refractivity contribution in [2.24, 2.45) is 5.92 Å². The van der Waals surface area contributed by atoms with Crippen LogP contribution in [0.3, 0.4) is 0 Å². The molecule has 3 atom stereocenters. The summed E-state index contributed by atoms with van der Waals surface area (Å²) in [6, 6.07) is 19.9. The molecule has 3 aromatic rings. The van der Waals surface area contributed by atoms with E-state index in [9.17, 15) is 9.59 Å². The van der Waals surface area contributed by atoms with Crippen molar-refractivity contribution in [3.8, 4) is 11.5 Å². The zero-order chi connectivity index (χ0) is 30.3. The van der Waals surface area contributed by atoms with Crippen LogP contribution in [-0.2, 0) is 38.3 Å². The quantitative estimate of drug-likeness (QED) is 0.273. The lowest BCUT2D eigenvalue weighted by Crippen LogP contribution is -2.35. The Morgan fingerprint density at radius 3 is 2.30 bits per heavy atom. The van der Waals surface area contributed by atoms with Crippen molar-refractivity contribution in [2.75, 3.05) is 45.5 Å². The van der Waals surface area contributed by atoms with Crippen molar-refractivity contribution in [1.82, 2.24) is 4.90 Å². The van der Waals surface area contributed by atoms with E-state index in [1.807, 2.05) is 31.2 Å². The minimum Gasteiger partial charge on any atom is -0.466 e. The van der Waals surface area contributed by atoms with E-state index in [0.717, 1.165) is 52.8 Å². The van der Waals surface area contributed by atoms with Gasteiger partial charge >= 0.3 is 5.97 Å². The van der Waals surface area contributed by atoms with Crippen LogP contribution in [-0.4, -0.2) is 57.0 Å². The first kappa shape index (κ1) is 30.6. The van der Waals surface area contributed by atoms with Crippen molar-refractivity contribution < 1.29 is 28.5 Å². The summed E-state index contributed by atoms with van der Waals surface area (Å²) in [7, 11) is 1.69. The van der Waals surface area contributed by atoms with Gasteiger partial charge in [0.1, 0.15) is 0 Å². The first-order valence-electron chi connectivity index (χ1n) is 15.3. The van der Waals surface area contributed by atoms with Gasteiger partial charge < -0.3 is 24.3 Å². The topological polar surface area (TPSA) is 86.3 Å². The third-order valence-corrected chi connectivity index (χ3v) is 8.51. The van der Waals surface area contributed by atoms with Crippen LogP contribution in [0.4, 0.5) is 5.69 Å². The van der Waals surface area contributed by atoms with E-state index in [1.54, 1.807) is 7.11 Å². The Labute approximate surface area is 254 Å². The molecule has 0 aliphatic carbocycles. The van der Waals surface area contributed by atoms with Crippen molar-refractivity contribution in [2.45, 2.75) is 52.0 Å². The van der Waals surface area contributed by atoms with Gasteiger partial charge in [-0.05, 0) is 66.1 Å². The summed E-state index contributed by atoms with van der Waals surface area (Å²) in [4.78, 5) is 29.6. The number of hydrogen-bond acceptors (Lipinski definition) is 7. The summed E-state index contributed by atoms with van der Waals surface area (Å²) in [5, 5.41) is 3.22. The molecule has 5 rings (SSSR count). The molecule has 8 nitrogen and oxygen atoms in total. The van der Waals surface area contributed by atoms with Crippen molar-refractivity contribution in [3.05, 3.63) is 88.5 Å². The van der Waals surface area contributed by atoms with E-state index in [-0.39, 0.29) is 43.8 Å². The summed E-state index contributed by atoms with van der Waals surface area (Å²) in [5.41, 5.74) is 6.19. The van der Waals surface area contributed by atoms with E-state index in [2.05, 4.69) is 60.5 Å². The number of para-hydroxylation sites is 1. The number of fused-ring (bicyclic) bond motifs is 1. The van der Waals surface area contributed by atoms with Gasteiger partial charge in [0, 0.05) is 31.3 Å². The summed E-state index contributed by atoms with van der Waals surface area (Å²) >= 11 is 0. The fraction of sp³-hybridized carbons (Fsp3) is 0.429. The molecule has 43 heavy (non-hydrogen) atoms. The molecule has 3 aromatic carbocycles. The number of likely N-dealkylation sites (tertiary alicyclic amines) is 1. The molecule has 0 aromatic heterocycles. The highest BCUT2D eigenvalue weighted by atomic mass is 16.7. The molecular formula is C35H42N2O6. The third kappa shape index (κ3) is 6.71. The van der Waals surface area contributed by atoms with Gasteiger partial charge in [0.25, 0.3) is 0 Å². The molecule has 1 N–H and O–H groups in total. The van der Waals surface area contributed by atoms with Gasteiger partial charge in [-0.1, -0.05) is 62.4 Å². The molecule has 2 heterocycles. The summed E-state index contributed by atoms with van der Waals surface area (Å²) < 4.78 is 22.1. The molecule has 1 saturated heterocycles. The number of ether oxygens (including phenoxy) is 4. The first-order valence-corrected chi connectivity index (χ1v) is 15.3. The van der Waals surface area contributed by atoms with Crippen molar-refractivity contribution in [3.63, 3.8) is 0 Å². The van der Waals surface area contributed by atoms with Gasteiger partial charge in [-0.3, -0.25) is 14.5 Å². The van der Waals surface area contributed by atoms with E-state index in [0.29, 0.717) is 24.7 Å². The number of nitrogens with one attached hydrogen (secondary N) is 1. The minimum absolute atomic E-state index is 0.105. The maximum absolute atomic E-state index is 13.7. The number of carbonyl (C=O) groups excluding carboxylic acids is 2. The Hall–Kier alpha value is -3.88. The second-order valence-corrected chi connectivity index (χ2v) is 11.1. The Bertz CT molecular complexity index is 1400. The Balaban J connectivity index is 1.50. The molecular weight excluding hydrogens is 544 g/mol. The standard InChI is InChI=1S/C35H42N2O6/c1-5-24-9-8-10-25(6-2)33(24)36-31(38)21-37-20-28(27-15-16-29-30(19-27)43-22-42-29)32(35(39)41-7-3)34(37)26-13-11-23(12-14-26)17-18-40-4/h8-16,19,28,32,34H,5-7,17-18,20-22H2,1-4H3,(H,36,38)/t28-,32-,34+/m1/s1. The highest BCUT2D eigenvalue weighted by molar-refractivity contribution is 5.94. The van der Waals surface area contributed by atoms with Gasteiger partial charge in [-0.2, -0.15) is 0 Å². The SMILES string of the molecule is CCOC(=O)[C@@H]1[C@@H](c2ccc3c(c2)OCO3)CN(CC(=O)Nc2c(CC)cccc2CC)[C@H]1c1ccc(CCOC)cc1. The highest BCUT2D eigenvalue weighted by Gasteiger charge is 2.48. The smallest absolute Gasteiger partial charge is 0.311 e. The fourth-order valence-corrected chi connectivity index (χ4v) is 6.36.